The topological polar surface area (TPSA) is 97.2 Å². The zero-order valence-electron chi connectivity index (χ0n) is 12.0. The van der Waals surface area contributed by atoms with Crippen molar-refractivity contribution < 1.29 is 18.3 Å². The molecule has 21 heavy (non-hydrogen) atoms. The van der Waals surface area contributed by atoms with Crippen molar-refractivity contribution in [1.82, 2.24) is 9.97 Å². The molecule has 0 aliphatic heterocycles. The Labute approximate surface area is 128 Å². The fourth-order valence-electron chi connectivity index (χ4n) is 1.93. The number of aromatic nitrogens is 2. The molecule has 0 unspecified atom stereocenters. The molecule has 1 fully saturated rings. The Bertz CT molecular complexity index is 654. The summed E-state index contributed by atoms with van der Waals surface area (Å²) in [5.74, 6) is 0.640. The second-order valence-corrected chi connectivity index (χ2v) is 8.60. The number of nitrogens with zero attached hydrogens (tertiary/aromatic N) is 2. The smallest absolute Gasteiger partial charge is 0.340 e. The van der Waals surface area contributed by atoms with Crippen molar-refractivity contribution >= 4 is 27.6 Å². The van der Waals surface area contributed by atoms with Crippen LogP contribution < -0.4 is 0 Å². The van der Waals surface area contributed by atoms with Gasteiger partial charge >= 0.3 is 5.97 Å². The Kier molecular flexibility index (Phi) is 4.88. The van der Waals surface area contributed by atoms with Gasteiger partial charge in [-0.15, -0.1) is 11.8 Å². The minimum Gasteiger partial charge on any atom is -0.478 e. The fraction of sp³-hybridized carbons (Fsp3) is 0.615. The van der Waals surface area contributed by atoms with E-state index in [0.717, 1.165) is 12.8 Å². The first-order valence-electron chi connectivity index (χ1n) is 6.70. The van der Waals surface area contributed by atoms with Crippen molar-refractivity contribution in [3.8, 4) is 0 Å². The summed E-state index contributed by atoms with van der Waals surface area (Å²) in [4.78, 5) is 20.0. The Morgan fingerprint density at radius 3 is 2.57 bits per heavy atom. The molecule has 0 amide bonds. The van der Waals surface area contributed by atoms with E-state index in [1.165, 1.54) is 18.0 Å². The number of carboxylic acid groups (broad SMARTS) is 1. The van der Waals surface area contributed by atoms with Gasteiger partial charge < -0.3 is 5.11 Å². The van der Waals surface area contributed by atoms with Gasteiger partial charge in [-0.05, 0) is 26.2 Å². The summed E-state index contributed by atoms with van der Waals surface area (Å²) >= 11 is 1.29. The SMILES string of the molecule is Cc1nc(C2CC2)nc(SCCCS(C)(=O)=O)c1C(=O)O. The molecule has 0 atom stereocenters. The van der Waals surface area contributed by atoms with Crippen molar-refractivity contribution in [2.75, 3.05) is 17.8 Å². The van der Waals surface area contributed by atoms with Crippen LogP contribution in [0.3, 0.4) is 0 Å². The standard InChI is InChI=1S/C13H18N2O4S2/c1-8-10(13(16)17)12(15-11(14-8)9-4-5-9)20-6-3-7-21(2,18)19/h9H,3-7H2,1-2H3,(H,16,17). The van der Waals surface area contributed by atoms with E-state index >= 15 is 0 Å². The average molecular weight is 330 g/mol. The number of aromatic carboxylic acids is 1. The molecule has 1 aromatic rings. The van der Waals surface area contributed by atoms with E-state index in [1.54, 1.807) is 6.92 Å². The van der Waals surface area contributed by atoms with Crippen LogP contribution in [0.1, 0.15) is 47.1 Å². The first-order valence-corrected chi connectivity index (χ1v) is 9.75. The van der Waals surface area contributed by atoms with Gasteiger partial charge in [-0.2, -0.15) is 0 Å². The molecule has 2 rings (SSSR count). The molecule has 0 spiro atoms. The van der Waals surface area contributed by atoms with Gasteiger partial charge in [0.2, 0.25) is 0 Å². The lowest BCUT2D eigenvalue weighted by Gasteiger charge is -2.09. The lowest BCUT2D eigenvalue weighted by Crippen LogP contribution is -2.10. The van der Waals surface area contributed by atoms with Gasteiger partial charge in [0, 0.05) is 17.9 Å². The minimum absolute atomic E-state index is 0.0992. The zero-order chi connectivity index (χ0) is 15.6. The summed E-state index contributed by atoms with van der Waals surface area (Å²) < 4.78 is 22.2. The first-order chi connectivity index (χ1) is 9.78. The lowest BCUT2D eigenvalue weighted by atomic mass is 10.2. The van der Waals surface area contributed by atoms with Gasteiger partial charge in [0.1, 0.15) is 26.3 Å². The number of carbonyl (C=O) groups is 1. The molecule has 6 nitrogen and oxygen atoms in total. The Balaban J connectivity index is 2.13. The van der Waals surface area contributed by atoms with Gasteiger partial charge in [0.05, 0.1) is 11.4 Å². The number of sulfone groups is 1. The molecule has 0 aromatic carbocycles. The van der Waals surface area contributed by atoms with Crippen molar-refractivity contribution in [1.29, 1.82) is 0 Å². The fourth-order valence-corrected chi connectivity index (χ4v) is 3.80. The van der Waals surface area contributed by atoms with Crippen LogP contribution in [0.5, 0.6) is 0 Å². The van der Waals surface area contributed by atoms with Crippen LogP contribution in [0.4, 0.5) is 0 Å². The number of aryl methyl sites for hydroxylation is 1. The van der Waals surface area contributed by atoms with E-state index in [0.29, 0.717) is 34.6 Å². The third-order valence-corrected chi connectivity index (χ3v) is 5.22. The van der Waals surface area contributed by atoms with Gasteiger partial charge in [-0.3, -0.25) is 0 Å². The highest BCUT2D eigenvalue weighted by molar-refractivity contribution is 7.99. The van der Waals surface area contributed by atoms with Gasteiger partial charge in [-0.1, -0.05) is 0 Å². The van der Waals surface area contributed by atoms with E-state index in [4.69, 9.17) is 0 Å². The predicted molar refractivity (Wildman–Crippen MR) is 80.8 cm³/mol. The average Bonchev–Trinajstić information content (AvgIpc) is 3.16. The third kappa shape index (κ3) is 4.67. The lowest BCUT2D eigenvalue weighted by molar-refractivity contribution is 0.0690. The van der Waals surface area contributed by atoms with E-state index in [-0.39, 0.29) is 11.3 Å². The highest BCUT2D eigenvalue weighted by atomic mass is 32.2. The molecule has 0 bridgehead atoms. The van der Waals surface area contributed by atoms with Crippen molar-refractivity contribution in [2.45, 2.75) is 37.1 Å². The maximum absolute atomic E-state index is 11.3. The Morgan fingerprint density at radius 1 is 1.38 bits per heavy atom. The van der Waals surface area contributed by atoms with E-state index < -0.39 is 15.8 Å². The summed E-state index contributed by atoms with van der Waals surface area (Å²) in [6, 6.07) is 0. The summed E-state index contributed by atoms with van der Waals surface area (Å²) in [6.45, 7) is 1.68. The molecule has 0 saturated heterocycles. The summed E-state index contributed by atoms with van der Waals surface area (Å²) in [7, 11) is -2.99. The molecule has 1 aliphatic carbocycles. The Hall–Kier alpha value is -1.15. The van der Waals surface area contributed by atoms with E-state index in [9.17, 15) is 18.3 Å². The molecule has 1 aromatic heterocycles. The number of carboxylic acids is 1. The van der Waals surface area contributed by atoms with Crippen LogP contribution in [0.15, 0.2) is 5.03 Å². The molecular weight excluding hydrogens is 312 g/mol. The monoisotopic (exact) mass is 330 g/mol. The van der Waals surface area contributed by atoms with Crippen LogP contribution in [0.2, 0.25) is 0 Å². The second-order valence-electron chi connectivity index (χ2n) is 5.26. The van der Waals surface area contributed by atoms with Crippen LogP contribution in [0.25, 0.3) is 0 Å². The van der Waals surface area contributed by atoms with Gasteiger partial charge in [0.15, 0.2) is 0 Å². The summed E-state index contributed by atoms with van der Waals surface area (Å²) in [5.41, 5.74) is 0.605. The quantitative estimate of drug-likeness (QED) is 0.463. The number of thioether (sulfide) groups is 1. The second kappa shape index (κ2) is 6.31. The van der Waals surface area contributed by atoms with Crippen LogP contribution >= 0.6 is 11.8 Å². The van der Waals surface area contributed by atoms with Crippen molar-refractivity contribution in [3.63, 3.8) is 0 Å². The van der Waals surface area contributed by atoms with Crippen LogP contribution in [-0.2, 0) is 9.84 Å². The number of rotatable bonds is 7. The molecular formula is C13H18N2O4S2. The zero-order valence-corrected chi connectivity index (χ0v) is 13.6. The molecule has 0 radical (unpaired) electrons. The van der Waals surface area contributed by atoms with Crippen LogP contribution in [-0.4, -0.2) is 47.2 Å². The Morgan fingerprint density at radius 2 is 2.05 bits per heavy atom. The maximum atomic E-state index is 11.3. The highest BCUT2D eigenvalue weighted by Gasteiger charge is 2.29. The first kappa shape index (κ1) is 16.2. The molecule has 1 N–H and O–H groups in total. The normalized spacial score (nSPS) is 15.1. The predicted octanol–water partition coefficient (Wildman–Crippen LogP) is 1.89. The van der Waals surface area contributed by atoms with Crippen molar-refractivity contribution in [3.05, 3.63) is 17.1 Å². The summed E-state index contributed by atoms with van der Waals surface area (Å²) in [5, 5.41) is 9.74. The van der Waals surface area contributed by atoms with Gasteiger partial charge in [-0.25, -0.2) is 23.2 Å². The van der Waals surface area contributed by atoms with E-state index in [2.05, 4.69) is 9.97 Å². The maximum Gasteiger partial charge on any atom is 0.340 e. The number of hydrogen-bond acceptors (Lipinski definition) is 6. The summed E-state index contributed by atoms with van der Waals surface area (Å²) in [6.07, 6.45) is 3.76. The molecule has 1 saturated carbocycles. The molecule has 1 heterocycles. The third-order valence-electron chi connectivity index (χ3n) is 3.13. The van der Waals surface area contributed by atoms with Crippen LogP contribution in [0, 0.1) is 6.92 Å². The van der Waals surface area contributed by atoms with Gasteiger partial charge in [0.25, 0.3) is 0 Å². The molecule has 116 valence electrons. The number of hydrogen-bond donors (Lipinski definition) is 1. The van der Waals surface area contributed by atoms with Crippen molar-refractivity contribution in [2.24, 2.45) is 0 Å². The highest BCUT2D eigenvalue weighted by Crippen LogP contribution is 2.39. The minimum atomic E-state index is -2.99. The molecule has 1 aliphatic rings. The largest absolute Gasteiger partial charge is 0.478 e. The van der Waals surface area contributed by atoms with E-state index in [1.807, 2.05) is 0 Å². The molecule has 8 heteroatoms.